The zero-order valence-corrected chi connectivity index (χ0v) is 22.4. The minimum Gasteiger partial charge on any atom is -0.493 e. The van der Waals surface area contributed by atoms with Gasteiger partial charge in [0.15, 0.2) is 17.5 Å². The molecule has 33 heavy (non-hydrogen) atoms. The lowest BCUT2D eigenvalue weighted by Gasteiger charge is -2.34. The molecule has 1 aliphatic heterocycles. The van der Waals surface area contributed by atoms with Crippen molar-refractivity contribution in [3.63, 3.8) is 0 Å². The van der Waals surface area contributed by atoms with Crippen LogP contribution in [0.2, 0.25) is 0 Å². The summed E-state index contributed by atoms with van der Waals surface area (Å²) in [6.07, 6.45) is 1.80. The number of halogens is 1. The van der Waals surface area contributed by atoms with Crippen LogP contribution < -0.4 is 25.0 Å². The second kappa shape index (κ2) is 14.1. The molecule has 1 aromatic carbocycles. The highest BCUT2D eigenvalue weighted by atomic mass is 127. The molecule has 0 spiro atoms. The van der Waals surface area contributed by atoms with Gasteiger partial charge in [-0.05, 0) is 39.1 Å². The number of methoxy groups -OCH3 is 1. The molecule has 3 rings (SSSR count). The molecule has 0 amide bonds. The number of aromatic nitrogens is 1. The van der Waals surface area contributed by atoms with Gasteiger partial charge in [0.1, 0.15) is 11.9 Å². The van der Waals surface area contributed by atoms with Crippen LogP contribution in [-0.2, 0) is 6.54 Å². The van der Waals surface area contributed by atoms with E-state index in [1.165, 1.54) is 0 Å². The van der Waals surface area contributed by atoms with Crippen molar-refractivity contribution in [1.82, 2.24) is 20.5 Å². The Morgan fingerprint density at radius 1 is 1.09 bits per heavy atom. The Morgan fingerprint density at radius 3 is 2.52 bits per heavy atom. The molecule has 8 nitrogen and oxygen atoms in total. The molecule has 182 valence electrons. The molecule has 2 N–H and O–H groups in total. The average Bonchev–Trinajstić information content (AvgIpc) is 2.82. The number of para-hydroxylation sites is 2. The van der Waals surface area contributed by atoms with E-state index in [0.29, 0.717) is 13.1 Å². The van der Waals surface area contributed by atoms with Crippen molar-refractivity contribution in [3.05, 3.63) is 48.2 Å². The van der Waals surface area contributed by atoms with Crippen LogP contribution >= 0.6 is 24.0 Å². The zero-order valence-electron chi connectivity index (χ0n) is 20.1. The number of nitrogens with one attached hydrogen (secondary N) is 2. The number of likely N-dealkylation sites (N-methyl/N-ethyl adjacent to an activating group) is 1. The Balaban J connectivity index is 0.00000385. The highest BCUT2D eigenvalue weighted by Gasteiger charge is 2.18. The predicted molar refractivity (Wildman–Crippen MR) is 145 cm³/mol. The van der Waals surface area contributed by atoms with Gasteiger partial charge in [0.05, 0.1) is 20.2 Å². The van der Waals surface area contributed by atoms with Crippen molar-refractivity contribution >= 4 is 35.8 Å². The first-order chi connectivity index (χ1) is 15.6. The van der Waals surface area contributed by atoms with Crippen molar-refractivity contribution < 1.29 is 9.47 Å². The van der Waals surface area contributed by atoms with E-state index >= 15 is 0 Å². The Hall–Kier alpha value is -2.27. The third-order valence-corrected chi connectivity index (χ3v) is 5.38. The van der Waals surface area contributed by atoms with Gasteiger partial charge in [0, 0.05) is 44.5 Å². The molecule has 0 aliphatic carbocycles. The summed E-state index contributed by atoms with van der Waals surface area (Å²) in [6.45, 7) is 10.1. The number of hydrogen-bond donors (Lipinski definition) is 2. The van der Waals surface area contributed by atoms with Gasteiger partial charge >= 0.3 is 0 Å². The number of aliphatic imine (C=N–C) groups is 1. The second-order valence-electron chi connectivity index (χ2n) is 7.93. The van der Waals surface area contributed by atoms with Gasteiger partial charge in [-0.2, -0.15) is 0 Å². The smallest absolute Gasteiger partial charge is 0.191 e. The summed E-state index contributed by atoms with van der Waals surface area (Å²) in [5.41, 5.74) is 1.13. The van der Waals surface area contributed by atoms with Crippen molar-refractivity contribution in [1.29, 1.82) is 0 Å². The van der Waals surface area contributed by atoms with Crippen LogP contribution in [0.25, 0.3) is 0 Å². The number of pyridine rings is 1. The minimum atomic E-state index is -0.0607. The van der Waals surface area contributed by atoms with Gasteiger partial charge in [0.2, 0.25) is 0 Å². The van der Waals surface area contributed by atoms with Gasteiger partial charge < -0.3 is 29.9 Å². The number of piperazine rings is 1. The summed E-state index contributed by atoms with van der Waals surface area (Å²) in [5, 5.41) is 6.70. The van der Waals surface area contributed by atoms with Gasteiger partial charge in [0.25, 0.3) is 0 Å². The lowest BCUT2D eigenvalue weighted by atomic mass is 10.2. The lowest BCUT2D eigenvalue weighted by molar-refractivity contribution is 0.213. The summed E-state index contributed by atoms with van der Waals surface area (Å²) >= 11 is 0. The Morgan fingerprint density at radius 2 is 1.82 bits per heavy atom. The molecule has 1 aliphatic rings. The molecule has 2 aromatic rings. The average molecular weight is 569 g/mol. The number of ether oxygens (including phenoxy) is 2. The Kier molecular flexibility index (Phi) is 11.5. The molecule has 0 bridgehead atoms. The van der Waals surface area contributed by atoms with Crippen LogP contribution in [0.5, 0.6) is 11.5 Å². The van der Waals surface area contributed by atoms with Gasteiger partial charge in [-0.3, -0.25) is 0 Å². The fourth-order valence-corrected chi connectivity index (χ4v) is 3.58. The largest absolute Gasteiger partial charge is 0.493 e. The molecule has 1 atom stereocenters. The van der Waals surface area contributed by atoms with E-state index in [9.17, 15) is 0 Å². The first-order valence-electron chi connectivity index (χ1n) is 11.3. The maximum absolute atomic E-state index is 6.04. The van der Waals surface area contributed by atoms with E-state index in [0.717, 1.165) is 61.6 Å². The maximum Gasteiger partial charge on any atom is 0.191 e. The summed E-state index contributed by atoms with van der Waals surface area (Å²) < 4.78 is 11.4. The first-order valence-corrected chi connectivity index (χ1v) is 11.3. The summed E-state index contributed by atoms with van der Waals surface area (Å²) in [7, 11) is 3.81. The molecule has 1 aromatic heterocycles. The number of nitrogens with zero attached hydrogens (tertiary/aromatic N) is 4. The zero-order chi connectivity index (χ0) is 22.8. The van der Waals surface area contributed by atoms with Crippen LogP contribution in [-0.4, -0.2) is 75.4 Å². The summed E-state index contributed by atoms with van der Waals surface area (Å²) in [5.74, 6) is 3.26. The molecule has 1 saturated heterocycles. The normalized spacial score (nSPS) is 15.4. The maximum atomic E-state index is 6.04. The van der Waals surface area contributed by atoms with Crippen LogP contribution in [0, 0.1) is 0 Å². The quantitative estimate of drug-likeness (QED) is 0.274. The van der Waals surface area contributed by atoms with Crippen LogP contribution in [0.4, 0.5) is 5.82 Å². The van der Waals surface area contributed by atoms with E-state index < -0.39 is 0 Å². The molecule has 2 heterocycles. The SMILES string of the molecule is CCNC(=NCc1cccnc1N1CCN(C)CC1)NCC(C)Oc1ccccc1OC.I. The Labute approximate surface area is 214 Å². The molecule has 0 saturated carbocycles. The van der Waals surface area contributed by atoms with Crippen LogP contribution in [0.1, 0.15) is 19.4 Å². The molecule has 9 heteroatoms. The fraction of sp³-hybridized carbons (Fsp3) is 0.500. The molecule has 0 radical (unpaired) electrons. The number of hydrogen-bond acceptors (Lipinski definition) is 6. The van der Waals surface area contributed by atoms with Crippen LogP contribution in [0.15, 0.2) is 47.6 Å². The van der Waals surface area contributed by atoms with E-state index in [4.69, 9.17) is 14.5 Å². The van der Waals surface area contributed by atoms with Gasteiger partial charge in [-0.15, -0.1) is 24.0 Å². The molecule has 1 unspecified atom stereocenters. The van der Waals surface area contributed by atoms with Crippen LogP contribution in [0.3, 0.4) is 0 Å². The van der Waals surface area contributed by atoms with E-state index in [1.807, 2.05) is 43.5 Å². The van der Waals surface area contributed by atoms with Gasteiger partial charge in [-0.1, -0.05) is 18.2 Å². The van der Waals surface area contributed by atoms with Gasteiger partial charge in [-0.25, -0.2) is 9.98 Å². The number of benzene rings is 1. The standard InChI is InChI=1S/C24H36N6O2.HI/c1-5-25-24(27-17-19(2)32-22-11-7-6-10-21(22)31-4)28-18-20-9-8-12-26-23(20)30-15-13-29(3)14-16-30;/h6-12,19H,5,13-18H2,1-4H3,(H2,25,27,28);1H. The topological polar surface area (TPSA) is 74.3 Å². The summed E-state index contributed by atoms with van der Waals surface area (Å²) in [4.78, 5) is 14.2. The minimum absolute atomic E-state index is 0. The number of guanidine groups is 1. The number of anilines is 1. The Bertz CT molecular complexity index is 874. The second-order valence-corrected chi connectivity index (χ2v) is 7.93. The van der Waals surface area contributed by atoms with E-state index in [1.54, 1.807) is 7.11 Å². The highest BCUT2D eigenvalue weighted by molar-refractivity contribution is 14.0. The van der Waals surface area contributed by atoms with Crippen molar-refractivity contribution in [3.8, 4) is 11.5 Å². The monoisotopic (exact) mass is 568 g/mol. The molecule has 1 fully saturated rings. The van der Waals surface area contributed by atoms with E-state index in [-0.39, 0.29) is 30.1 Å². The molecular weight excluding hydrogens is 531 g/mol. The first kappa shape index (κ1) is 27.0. The fourth-order valence-electron chi connectivity index (χ4n) is 3.58. The highest BCUT2D eigenvalue weighted by Crippen LogP contribution is 2.26. The third-order valence-electron chi connectivity index (χ3n) is 5.38. The summed E-state index contributed by atoms with van der Waals surface area (Å²) in [6, 6.07) is 11.8. The number of rotatable bonds is 9. The molecular formula is C24H37IN6O2. The lowest BCUT2D eigenvalue weighted by Crippen LogP contribution is -2.45. The van der Waals surface area contributed by atoms with Crippen molar-refractivity contribution in [2.45, 2.75) is 26.5 Å². The third kappa shape index (κ3) is 8.22. The van der Waals surface area contributed by atoms with Crippen molar-refractivity contribution in [2.24, 2.45) is 4.99 Å². The van der Waals surface area contributed by atoms with Crippen molar-refractivity contribution in [2.75, 3.05) is 58.3 Å². The predicted octanol–water partition coefficient (Wildman–Crippen LogP) is 2.98. The van der Waals surface area contributed by atoms with E-state index in [2.05, 4.69) is 45.5 Å².